The molecule has 0 radical (unpaired) electrons. The number of anilines is 1. The quantitative estimate of drug-likeness (QED) is 0.736. The van der Waals surface area contributed by atoms with Crippen molar-refractivity contribution in [2.45, 2.75) is 38.1 Å². The summed E-state index contributed by atoms with van der Waals surface area (Å²) in [7, 11) is 0. The van der Waals surface area contributed by atoms with Crippen molar-refractivity contribution in [3.8, 4) is 0 Å². The maximum Gasteiger partial charge on any atom is 0.126 e. The van der Waals surface area contributed by atoms with E-state index < -0.39 is 0 Å². The Hall–Kier alpha value is -1.09. The molecule has 3 nitrogen and oxygen atoms in total. The van der Waals surface area contributed by atoms with E-state index in [0.717, 1.165) is 12.8 Å². The molecule has 3 heteroatoms. The molecule has 0 bridgehead atoms. The summed E-state index contributed by atoms with van der Waals surface area (Å²) in [6.45, 7) is 2.28. The molecule has 1 aromatic rings. The molecule has 0 saturated heterocycles. The van der Waals surface area contributed by atoms with E-state index in [4.69, 9.17) is 11.5 Å². The van der Waals surface area contributed by atoms with Crippen LogP contribution >= 0.6 is 0 Å². The van der Waals surface area contributed by atoms with Gasteiger partial charge in [0.05, 0.1) is 0 Å². The molecule has 82 valence electrons. The number of pyridine rings is 1. The van der Waals surface area contributed by atoms with Crippen LogP contribution in [0.4, 0.5) is 5.82 Å². The van der Waals surface area contributed by atoms with Crippen molar-refractivity contribution in [2.75, 3.05) is 5.73 Å². The third-order valence-corrected chi connectivity index (χ3v) is 3.51. The van der Waals surface area contributed by atoms with Gasteiger partial charge in [0, 0.05) is 12.2 Å². The van der Waals surface area contributed by atoms with Gasteiger partial charge in [0.15, 0.2) is 0 Å². The molecule has 2 rings (SSSR count). The number of nitrogens with two attached hydrogens (primary N) is 2. The van der Waals surface area contributed by atoms with E-state index in [1.165, 1.54) is 12.0 Å². The number of rotatable bonds is 1. The molecule has 0 amide bonds. The summed E-state index contributed by atoms with van der Waals surface area (Å²) in [6.07, 6.45) is 5.11. The molecule has 3 unspecified atom stereocenters. The molecule has 1 saturated carbocycles. The summed E-state index contributed by atoms with van der Waals surface area (Å²) in [4.78, 5) is 4.15. The fraction of sp³-hybridized carbons (Fsp3) is 0.583. The van der Waals surface area contributed by atoms with Gasteiger partial charge >= 0.3 is 0 Å². The van der Waals surface area contributed by atoms with Gasteiger partial charge in [0.25, 0.3) is 0 Å². The zero-order valence-electron chi connectivity index (χ0n) is 9.19. The van der Waals surface area contributed by atoms with Crippen LogP contribution in [-0.2, 0) is 0 Å². The predicted molar refractivity (Wildman–Crippen MR) is 62.4 cm³/mol. The standard InChI is InChI=1S/C12H19N3/c1-8-4-5-9(13)7-11(8)10-3-2-6-15-12(10)14/h2-3,6,8-9,11H,4-5,7,13H2,1H3,(H2,14,15). The Labute approximate surface area is 90.9 Å². The Morgan fingerprint density at radius 3 is 2.93 bits per heavy atom. The molecule has 1 aliphatic rings. The van der Waals surface area contributed by atoms with E-state index >= 15 is 0 Å². The van der Waals surface area contributed by atoms with E-state index in [0.29, 0.717) is 23.7 Å². The Morgan fingerprint density at radius 1 is 1.40 bits per heavy atom. The highest BCUT2D eigenvalue weighted by Gasteiger charge is 2.28. The lowest BCUT2D eigenvalue weighted by Crippen LogP contribution is -2.31. The van der Waals surface area contributed by atoms with E-state index in [1.807, 2.05) is 6.07 Å². The minimum Gasteiger partial charge on any atom is -0.383 e. The molecule has 15 heavy (non-hydrogen) atoms. The molecule has 0 spiro atoms. The molecule has 1 aliphatic carbocycles. The van der Waals surface area contributed by atoms with Gasteiger partial charge in [0.1, 0.15) is 5.82 Å². The highest BCUT2D eigenvalue weighted by Crippen LogP contribution is 2.38. The lowest BCUT2D eigenvalue weighted by molar-refractivity contribution is 0.300. The first-order valence-corrected chi connectivity index (χ1v) is 5.64. The summed E-state index contributed by atoms with van der Waals surface area (Å²) in [5.41, 5.74) is 13.1. The summed E-state index contributed by atoms with van der Waals surface area (Å²) >= 11 is 0. The second kappa shape index (κ2) is 4.19. The minimum atomic E-state index is 0.325. The van der Waals surface area contributed by atoms with Gasteiger partial charge in [-0.2, -0.15) is 0 Å². The highest BCUT2D eigenvalue weighted by molar-refractivity contribution is 5.41. The fourth-order valence-corrected chi connectivity index (χ4v) is 2.53. The molecule has 1 aromatic heterocycles. The minimum absolute atomic E-state index is 0.325. The van der Waals surface area contributed by atoms with Crippen molar-refractivity contribution >= 4 is 5.82 Å². The van der Waals surface area contributed by atoms with Gasteiger partial charge in [-0.3, -0.25) is 0 Å². The van der Waals surface area contributed by atoms with Crippen LogP contribution < -0.4 is 11.5 Å². The molecule has 1 fully saturated rings. The normalized spacial score (nSPS) is 31.5. The van der Waals surface area contributed by atoms with Gasteiger partial charge in [-0.1, -0.05) is 13.0 Å². The smallest absolute Gasteiger partial charge is 0.126 e. The van der Waals surface area contributed by atoms with Crippen LogP contribution in [0.3, 0.4) is 0 Å². The Bertz CT molecular complexity index is 337. The lowest BCUT2D eigenvalue weighted by atomic mass is 9.75. The molecule has 3 atom stereocenters. The first kappa shape index (κ1) is 10.4. The second-order valence-corrected chi connectivity index (χ2v) is 4.63. The van der Waals surface area contributed by atoms with Crippen molar-refractivity contribution in [3.05, 3.63) is 23.9 Å². The topological polar surface area (TPSA) is 64.9 Å². The molecular formula is C12H19N3. The van der Waals surface area contributed by atoms with Gasteiger partial charge in [0.2, 0.25) is 0 Å². The Morgan fingerprint density at radius 2 is 2.20 bits per heavy atom. The molecule has 4 N–H and O–H groups in total. The zero-order chi connectivity index (χ0) is 10.8. The first-order chi connectivity index (χ1) is 7.18. The maximum atomic E-state index is 6.01. The Kier molecular flexibility index (Phi) is 2.91. The Balaban J connectivity index is 2.25. The van der Waals surface area contributed by atoms with E-state index in [1.54, 1.807) is 6.20 Å². The average molecular weight is 205 g/mol. The van der Waals surface area contributed by atoms with Crippen molar-refractivity contribution in [1.29, 1.82) is 0 Å². The monoisotopic (exact) mass is 205 g/mol. The van der Waals surface area contributed by atoms with Crippen LogP contribution in [0.25, 0.3) is 0 Å². The molecular weight excluding hydrogens is 186 g/mol. The van der Waals surface area contributed by atoms with Crippen LogP contribution in [-0.4, -0.2) is 11.0 Å². The van der Waals surface area contributed by atoms with Crippen LogP contribution in [0.15, 0.2) is 18.3 Å². The van der Waals surface area contributed by atoms with Crippen LogP contribution in [0.2, 0.25) is 0 Å². The largest absolute Gasteiger partial charge is 0.383 e. The third-order valence-electron chi connectivity index (χ3n) is 3.51. The van der Waals surface area contributed by atoms with E-state index in [-0.39, 0.29) is 0 Å². The molecule has 1 heterocycles. The number of aromatic nitrogens is 1. The number of hydrogen-bond acceptors (Lipinski definition) is 3. The maximum absolute atomic E-state index is 6.01. The van der Waals surface area contributed by atoms with E-state index in [2.05, 4.69) is 18.0 Å². The third kappa shape index (κ3) is 2.12. The highest BCUT2D eigenvalue weighted by atomic mass is 14.8. The zero-order valence-corrected chi connectivity index (χ0v) is 9.19. The first-order valence-electron chi connectivity index (χ1n) is 5.64. The predicted octanol–water partition coefficient (Wildman–Crippen LogP) is 1.89. The van der Waals surface area contributed by atoms with Crippen molar-refractivity contribution in [3.63, 3.8) is 0 Å². The van der Waals surface area contributed by atoms with Crippen LogP contribution in [0, 0.1) is 5.92 Å². The number of nitrogen functional groups attached to an aromatic ring is 1. The van der Waals surface area contributed by atoms with Gasteiger partial charge in [-0.15, -0.1) is 0 Å². The number of nitrogens with zero attached hydrogens (tertiary/aromatic N) is 1. The summed E-state index contributed by atoms with van der Waals surface area (Å²) in [6, 6.07) is 4.37. The summed E-state index contributed by atoms with van der Waals surface area (Å²) in [5.74, 6) is 1.82. The second-order valence-electron chi connectivity index (χ2n) is 4.63. The average Bonchev–Trinajstić information content (AvgIpc) is 2.23. The van der Waals surface area contributed by atoms with Crippen LogP contribution in [0.1, 0.15) is 37.7 Å². The van der Waals surface area contributed by atoms with Crippen molar-refractivity contribution in [1.82, 2.24) is 4.98 Å². The SMILES string of the molecule is CC1CCC(N)CC1c1cccnc1N. The lowest BCUT2D eigenvalue weighted by Gasteiger charge is -2.33. The number of hydrogen-bond donors (Lipinski definition) is 2. The van der Waals surface area contributed by atoms with E-state index in [9.17, 15) is 0 Å². The fourth-order valence-electron chi connectivity index (χ4n) is 2.53. The summed E-state index contributed by atoms with van der Waals surface area (Å²) < 4.78 is 0. The summed E-state index contributed by atoms with van der Waals surface area (Å²) in [5, 5.41) is 0. The van der Waals surface area contributed by atoms with Crippen LogP contribution in [0.5, 0.6) is 0 Å². The van der Waals surface area contributed by atoms with Crippen molar-refractivity contribution in [2.24, 2.45) is 11.7 Å². The van der Waals surface area contributed by atoms with Gasteiger partial charge in [-0.25, -0.2) is 4.98 Å². The molecule has 0 aromatic carbocycles. The van der Waals surface area contributed by atoms with Gasteiger partial charge in [-0.05, 0) is 42.7 Å². The van der Waals surface area contributed by atoms with Crippen molar-refractivity contribution < 1.29 is 0 Å². The molecule has 0 aliphatic heterocycles. The van der Waals surface area contributed by atoms with Gasteiger partial charge < -0.3 is 11.5 Å².